The molecule has 34 heavy (non-hydrogen) atoms. The first-order valence-corrected chi connectivity index (χ1v) is 12.3. The molecule has 1 fully saturated rings. The average Bonchev–Trinajstić information content (AvgIpc) is 2.82. The van der Waals surface area contributed by atoms with Gasteiger partial charge in [-0.25, -0.2) is 0 Å². The summed E-state index contributed by atoms with van der Waals surface area (Å²) in [5.41, 5.74) is 0.969. The molecular weight excluding hydrogens is 434 g/mol. The fourth-order valence-electron chi connectivity index (χ4n) is 4.94. The van der Waals surface area contributed by atoms with Crippen molar-refractivity contribution in [2.75, 3.05) is 39.2 Å². The molecule has 1 aromatic carbocycles. The molecule has 0 spiro atoms. The van der Waals surface area contributed by atoms with Crippen molar-refractivity contribution in [3.63, 3.8) is 0 Å². The maximum Gasteiger partial charge on any atom is 0.257 e. The van der Waals surface area contributed by atoms with Crippen LogP contribution in [0.25, 0.3) is 0 Å². The van der Waals surface area contributed by atoms with E-state index in [2.05, 4.69) is 12.2 Å². The fourth-order valence-corrected chi connectivity index (χ4v) is 4.94. The number of ether oxygens (including phenoxy) is 2. The fraction of sp³-hybridized carbons (Fsp3) is 0.654. The van der Waals surface area contributed by atoms with Gasteiger partial charge >= 0.3 is 0 Å². The summed E-state index contributed by atoms with van der Waals surface area (Å²) in [4.78, 5) is 41.9. The van der Waals surface area contributed by atoms with Crippen molar-refractivity contribution in [2.45, 2.75) is 65.0 Å². The summed E-state index contributed by atoms with van der Waals surface area (Å²) < 4.78 is 11.9. The number of hydrogen-bond acceptors (Lipinski definition) is 5. The Balaban J connectivity index is 1.94. The van der Waals surface area contributed by atoms with Crippen molar-refractivity contribution in [2.24, 2.45) is 11.8 Å². The SMILES string of the molecule is CO[C@@H]1CN(C)C(=O)c2ccc(NC(C)=O)cc2OC[C@@H](C)N(C(=O)C2CCCCC2)C[C@H]1C. The van der Waals surface area contributed by atoms with Crippen molar-refractivity contribution >= 4 is 23.4 Å². The molecule has 0 saturated heterocycles. The molecule has 1 saturated carbocycles. The predicted molar refractivity (Wildman–Crippen MR) is 131 cm³/mol. The minimum atomic E-state index is -0.217. The van der Waals surface area contributed by atoms with Gasteiger partial charge in [-0.05, 0) is 31.9 Å². The molecule has 1 heterocycles. The van der Waals surface area contributed by atoms with Gasteiger partial charge in [0.15, 0.2) is 0 Å². The van der Waals surface area contributed by atoms with Gasteiger partial charge < -0.3 is 24.6 Å². The highest BCUT2D eigenvalue weighted by Gasteiger charge is 2.33. The van der Waals surface area contributed by atoms with E-state index in [-0.39, 0.29) is 48.3 Å². The minimum Gasteiger partial charge on any atom is -0.491 e. The molecule has 188 valence electrons. The van der Waals surface area contributed by atoms with Crippen LogP contribution >= 0.6 is 0 Å². The number of carbonyl (C=O) groups excluding carboxylic acids is 3. The van der Waals surface area contributed by atoms with Crippen LogP contribution in [0.3, 0.4) is 0 Å². The molecule has 1 N–H and O–H groups in total. The van der Waals surface area contributed by atoms with E-state index < -0.39 is 0 Å². The molecular formula is C26H39N3O5. The number of anilines is 1. The smallest absolute Gasteiger partial charge is 0.257 e. The van der Waals surface area contributed by atoms with E-state index in [9.17, 15) is 14.4 Å². The minimum absolute atomic E-state index is 0.0382. The molecule has 3 atom stereocenters. The van der Waals surface area contributed by atoms with Gasteiger partial charge in [0.25, 0.3) is 5.91 Å². The Morgan fingerprint density at radius 1 is 1.12 bits per heavy atom. The zero-order valence-corrected chi connectivity index (χ0v) is 21.1. The summed E-state index contributed by atoms with van der Waals surface area (Å²) in [6.07, 6.45) is 5.04. The van der Waals surface area contributed by atoms with Gasteiger partial charge in [-0.15, -0.1) is 0 Å². The number of amides is 3. The van der Waals surface area contributed by atoms with E-state index in [1.165, 1.54) is 13.3 Å². The zero-order chi connectivity index (χ0) is 24.8. The van der Waals surface area contributed by atoms with Crippen molar-refractivity contribution in [3.05, 3.63) is 23.8 Å². The molecule has 1 aliphatic carbocycles. The van der Waals surface area contributed by atoms with Crippen LogP contribution in [0, 0.1) is 11.8 Å². The summed E-state index contributed by atoms with van der Waals surface area (Å²) in [6.45, 7) is 6.67. The standard InChI is InChI=1S/C26H39N3O5/c1-17-14-29(25(31)20-9-7-6-8-10-20)18(2)16-34-23-13-21(27-19(3)30)11-12-22(23)26(32)28(4)15-24(17)33-5/h11-13,17-18,20,24H,6-10,14-16H2,1-5H3,(H,27,30)/t17-,18-,24-/m1/s1. The van der Waals surface area contributed by atoms with Crippen molar-refractivity contribution in [1.82, 2.24) is 9.80 Å². The topological polar surface area (TPSA) is 88.2 Å². The molecule has 1 aromatic rings. The van der Waals surface area contributed by atoms with Gasteiger partial charge in [0.1, 0.15) is 12.4 Å². The van der Waals surface area contributed by atoms with Gasteiger partial charge in [-0.2, -0.15) is 0 Å². The lowest BCUT2D eigenvalue weighted by atomic mass is 9.87. The molecule has 8 heteroatoms. The Morgan fingerprint density at radius 2 is 1.82 bits per heavy atom. The Morgan fingerprint density at radius 3 is 2.47 bits per heavy atom. The Bertz CT molecular complexity index is 883. The Hall–Kier alpha value is -2.61. The van der Waals surface area contributed by atoms with Crippen LogP contribution < -0.4 is 10.1 Å². The number of carbonyl (C=O) groups is 3. The van der Waals surface area contributed by atoms with E-state index in [1.54, 1.807) is 37.3 Å². The summed E-state index contributed by atoms with van der Waals surface area (Å²) in [5.74, 6) is 0.290. The largest absolute Gasteiger partial charge is 0.491 e. The summed E-state index contributed by atoms with van der Waals surface area (Å²) >= 11 is 0. The van der Waals surface area contributed by atoms with Crippen LogP contribution in [-0.2, 0) is 14.3 Å². The van der Waals surface area contributed by atoms with Gasteiger partial charge in [0.05, 0.1) is 17.7 Å². The van der Waals surface area contributed by atoms with Crippen LogP contribution in [0.1, 0.15) is 63.2 Å². The summed E-state index contributed by atoms with van der Waals surface area (Å²) in [7, 11) is 3.39. The lowest BCUT2D eigenvalue weighted by molar-refractivity contribution is -0.141. The maximum absolute atomic E-state index is 13.6. The van der Waals surface area contributed by atoms with Gasteiger partial charge in [-0.1, -0.05) is 26.2 Å². The van der Waals surface area contributed by atoms with Crippen LogP contribution in [0.4, 0.5) is 5.69 Å². The molecule has 2 aliphatic rings. The van der Waals surface area contributed by atoms with Gasteiger partial charge in [0, 0.05) is 57.8 Å². The molecule has 0 aromatic heterocycles. The number of hydrogen-bond donors (Lipinski definition) is 1. The summed E-state index contributed by atoms with van der Waals surface area (Å²) in [6, 6.07) is 4.86. The predicted octanol–water partition coefficient (Wildman–Crippen LogP) is 3.56. The lowest BCUT2D eigenvalue weighted by Crippen LogP contribution is -2.50. The quantitative estimate of drug-likeness (QED) is 0.725. The molecule has 0 unspecified atom stereocenters. The van der Waals surface area contributed by atoms with Crippen molar-refractivity contribution in [3.8, 4) is 5.75 Å². The first-order chi connectivity index (χ1) is 16.2. The van der Waals surface area contributed by atoms with Gasteiger partial charge in [-0.3, -0.25) is 14.4 Å². The highest BCUT2D eigenvalue weighted by atomic mass is 16.5. The summed E-state index contributed by atoms with van der Waals surface area (Å²) in [5, 5.41) is 2.74. The number of nitrogens with zero attached hydrogens (tertiary/aromatic N) is 2. The lowest BCUT2D eigenvalue weighted by Gasteiger charge is -2.38. The maximum atomic E-state index is 13.6. The van der Waals surface area contributed by atoms with E-state index in [4.69, 9.17) is 9.47 Å². The average molecular weight is 474 g/mol. The number of methoxy groups -OCH3 is 1. The first-order valence-electron chi connectivity index (χ1n) is 12.3. The molecule has 0 radical (unpaired) electrons. The molecule has 8 nitrogen and oxygen atoms in total. The Kier molecular flexibility index (Phi) is 8.94. The van der Waals surface area contributed by atoms with Crippen LogP contribution in [-0.4, -0.2) is 73.5 Å². The number of rotatable bonds is 3. The molecule has 1 aliphatic heterocycles. The molecule has 3 amide bonds. The monoisotopic (exact) mass is 473 g/mol. The highest BCUT2D eigenvalue weighted by molar-refractivity contribution is 5.98. The van der Waals surface area contributed by atoms with E-state index in [0.29, 0.717) is 30.1 Å². The Labute approximate surface area is 202 Å². The van der Waals surface area contributed by atoms with Crippen LogP contribution in [0.15, 0.2) is 18.2 Å². The number of nitrogens with one attached hydrogen (secondary N) is 1. The van der Waals surface area contributed by atoms with Crippen molar-refractivity contribution in [1.29, 1.82) is 0 Å². The second kappa shape index (κ2) is 11.7. The van der Waals surface area contributed by atoms with Crippen LogP contribution in [0.2, 0.25) is 0 Å². The number of fused-ring (bicyclic) bond motifs is 1. The highest BCUT2D eigenvalue weighted by Crippen LogP contribution is 2.29. The third kappa shape index (κ3) is 6.29. The second-order valence-corrected chi connectivity index (χ2v) is 9.81. The van der Waals surface area contributed by atoms with E-state index >= 15 is 0 Å². The number of benzene rings is 1. The second-order valence-electron chi connectivity index (χ2n) is 9.81. The van der Waals surface area contributed by atoms with Crippen molar-refractivity contribution < 1.29 is 23.9 Å². The van der Waals surface area contributed by atoms with E-state index in [1.807, 2.05) is 11.8 Å². The van der Waals surface area contributed by atoms with Crippen LogP contribution in [0.5, 0.6) is 5.75 Å². The third-order valence-corrected chi connectivity index (χ3v) is 7.00. The number of likely N-dealkylation sites (N-methyl/N-ethyl adjacent to an activating group) is 1. The molecule has 3 rings (SSSR count). The molecule has 0 bridgehead atoms. The third-order valence-electron chi connectivity index (χ3n) is 7.00. The van der Waals surface area contributed by atoms with E-state index in [0.717, 1.165) is 25.7 Å². The normalized spacial score (nSPS) is 25.0. The zero-order valence-electron chi connectivity index (χ0n) is 21.1. The first kappa shape index (κ1) is 26.0. The van der Waals surface area contributed by atoms with Gasteiger partial charge in [0.2, 0.25) is 11.8 Å².